The van der Waals surface area contributed by atoms with Crippen molar-refractivity contribution >= 4 is 21.9 Å². The van der Waals surface area contributed by atoms with Crippen LogP contribution in [0.3, 0.4) is 0 Å². The molecule has 0 saturated heterocycles. The predicted octanol–water partition coefficient (Wildman–Crippen LogP) is 2.60. The van der Waals surface area contributed by atoms with Gasteiger partial charge in [0, 0.05) is 4.47 Å². The van der Waals surface area contributed by atoms with E-state index in [0.717, 1.165) is 22.0 Å². The van der Waals surface area contributed by atoms with Crippen molar-refractivity contribution in [3.63, 3.8) is 0 Å². The van der Waals surface area contributed by atoms with Crippen LogP contribution in [0.25, 0.3) is 0 Å². The van der Waals surface area contributed by atoms with Crippen molar-refractivity contribution in [1.29, 1.82) is 5.26 Å². The molecule has 0 aliphatic rings. The molecule has 0 aromatic heterocycles. The monoisotopic (exact) mass is 281 g/mol. The van der Waals surface area contributed by atoms with Crippen LogP contribution in [0.4, 0.5) is 0 Å². The molecule has 0 spiro atoms. The highest BCUT2D eigenvalue weighted by molar-refractivity contribution is 9.10. The number of carbonyl (C=O) groups is 1. The van der Waals surface area contributed by atoms with E-state index < -0.39 is 0 Å². The minimum atomic E-state index is -0.333. The van der Waals surface area contributed by atoms with Crippen molar-refractivity contribution in [3.05, 3.63) is 33.3 Å². The molecule has 4 heteroatoms. The van der Waals surface area contributed by atoms with Gasteiger partial charge in [0.15, 0.2) is 0 Å². The lowest BCUT2D eigenvalue weighted by atomic mass is 10.0. The Kier molecular flexibility index (Phi) is 4.51. The van der Waals surface area contributed by atoms with Crippen LogP contribution in [0.5, 0.6) is 0 Å². The number of halogens is 1. The number of hydrogen-bond acceptors (Lipinski definition) is 3. The highest BCUT2D eigenvalue weighted by Crippen LogP contribution is 2.23. The van der Waals surface area contributed by atoms with Gasteiger partial charge in [0.25, 0.3) is 0 Å². The first kappa shape index (κ1) is 12.7. The summed E-state index contributed by atoms with van der Waals surface area (Å²) < 4.78 is 5.50. The standard InChI is InChI=1S/C12H12BrNO2/c1-3-8-4-9(6-12(15)16-2)10(7-14)5-11(8)13/h4-5H,3,6H2,1-2H3. The van der Waals surface area contributed by atoms with Crippen molar-refractivity contribution in [3.8, 4) is 6.07 Å². The summed E-state index contributed by atoms with van der Waals surface area (Å²) in [7, 11) is 1.34. The Bertz CT molecular complexity index is 449. The van der Waals surface area contributed by atoms with E-state index in [9.17, 15) is 4.79 Å². The summed E-state index contributed by atoms with van der Waals surface area (Å²) in [5.74, 6) is -0.333. The molecule has 0 heterocycles. The Labute approximate surface area is 103 Å². The zero-order valence-electron chi connectivity index (χ0n) is 9.21. The van der Waals surface area contributed by atoms with Crippen molar-refractivity contribution in [2.45, 2.75) is 19.8 Å². The summed E-state index contributed by atoms with van der Waals surface area (Å²) in [6.45, 7) is 2.02. The predicted molar refractivity (Wildman–Crippen MR) is 64.0 cm³/mol. The zero-order valence-corrected chi connectivity index (χ0v) is 10.8. The average Bonchev–Trinajstić information content (AvgIpc) is 2.30. The Morgan fingerprint density at radius 2 is 2.19 bits per heavy atom. The Morgan fingerprint density at radius 3 is 2.69 bits per heavy atom. The quantitative estimate of drug-likeness (QED) is 0.801. The molecule has 0 N–H and O–H groups in total. The van der Waals surface area contributed by atoms with Gasteiger partial charge in [-0.25, -0.2) is 0 Å². The van der Waals surface area contributed by atoms with Gasteiger partial charge in [-0.15, -0.1) is 0 Å². The highest BCUT2D eigenvalue weighted by Gasteiger charge is 2.11. The van der Waals surface area contributed by atoms with Gasteiger partial charge in [0.05, 0.1) is 25.2 Å². The number of rotatable bonds is 3. The molecule has 0 saturated carbocycles. The van der Waals surface area contributed by atoms with E-state index in [1.807, 2.05) is 13.0 Å². The van der Waals surface area contributed by atoms with Crippen LogP contribution in [0, 0.1) is 11.3 Å². The minimum absolute atomic E-state index is 0.139. The van der Waals surface area contributed by atoms with Gasteiger partial charge < -0.3 is 4.74 Å². The van der Waals surface area contributed by atoms with Gasteiger partial charge in [-0.05, 0) is 23.6 Å². The number of benzene rings is 1. The molecule has 0 amide bonds. The van der Waals surface area contributed by atoms with Crippen molar-refractivity contribution in [1.82, 2.24) is 0 Å². The molecule has 0 fully saturated rings. The molecule has 0 atom stereocenters. The lowest BCUT2D eigenvalue weighted by Gasteiger charge is -2.07. The molecule has 1 rings (SSSR count). The second kappa shape index (κ2) is 5.66. The lowest BCUT2D eigenvalue weighted by Crippen LogP contribution is -2.06. The second-order valence-electron chi connectivity index (χ2n) is 3.32. The molecule has 0 radical (unpaired) electrons. The summed E-state index contributed by atoms with van der Waals surface area (Å²) in [5.41, 5.74) is 2.31. The van der Waals surface area contributed by atoms with Gasteiger partial charge in [-0.1, -0.05) is 28.9 Å². The van der Waals surface area contributed by atoms with Gasteiger partial charge in [-0.3, -0.25) is 4.79 Å². The number of carbonyl (C=O) groups excluding carboxylic acids is 1. The maximum absolute atomic E-state index is 11.2. The van der Waals surface area contributed by atoms with Gasteiger partial charge in [0.1, 0.15) is 0 Å². The molecular formula is C12H12BrNO2. The third-order valence-corrected chi connectivity index (χ3v) is 3.07. The summed E-state index contributed by atoms with van der Waals surface area (Å²) >= 11 is 3.40. The first-order valence-electron chi connectivity index (χ1n) is 4.90. The minimum Gasteiger partial charge on any atom is -0.469 e. The SMILES string of the molecule is CCc1cc(CC(=O)OC)c(C#N)cc1Br. The van der Waals surface area contributed by atoms with E-state index in [0.29, 0.717) is 5.56 Å². The van der Waals surface area contributed by atoms with Crippen LogP contribution in [-0.4, -0.2) is 13.1 Å². The van der Waals surface area contributed by atoms with Crippen LogP contribution in [-0.2, 0) is 22.4 Å². The van der Waals surface area contributed by atoms with Crippen molar-refractivity contribution in [2.24, 2.45) is 0 Å². The normalized spacial score (nSPS) is 9.62. The van der Waals surface area contributed by atoms with Crippen LogP contribution < -0.4 is 0 Å². The summed E-state index contributed by atoms with van der Waals surface area (Å²) in [6, 6.07) is 5.70. The summed E-state index contributed by atoms with van der Waals surface area (Å²) in [4.78, 5) is 11.2. The van der Waals surface area contributed by atoms with Crippen molar-refractivity contribution < 1.29 is 9.53 Å². The molecule has 84 valence electrons. The Hall–Kier alpha value is -1.34. The largest absolute Gasteiger partial charge is 0.469 e. The van der Waals surface area contributed by atoms with E-state index in [1.54, 1.807) is 6.07 Å². The number of ether oxygens (including phenoxy) is 1. The number of hydrogen-bond donors (Lipinski definition) is 0. The van der Waals surface area contributed by atoms with E-state index in [2.05, 4.69) is 26.7 Å². The molecule has 3 nitrogen and oxygen atoms in total. The molecular weight excluding hydrogens is 270 g/mol. The van der Waals surface area contributed by atoms with Crippen LogP contribution in [0.15, 0.2) is 16.6 Å². The van der Waals surface area contributed by atoms with E-state index >= 15 is 0 Å². The third kappa shape index (κ3) is 2.83. The Balaban J connectivity index is 3.16. The molecule has 1 aromatic rings. The van der Waals surface area contributed by atoms with E-state index in [4.69, 9.17) is 5.26 Å². The maximum atomic E-state index is 11.2. The fraction of sp³-hybridized carbons (Fsp3) is 0.333. The fourth-order valence-electron chi connectivity index (χ4n) is 1.42. The lowest BCUT2D eigenvalue weighted by molar-refractivity contribution is -0.139. The first-order valence-corrected chi connectivity index (χ1v) is 5.69. The fourth-order valence-corrected chi connectivity index (χ4v) is 2.04. The number of nitriles is 1. The summed E-state index contributed by atoms with van der Waals surface area (Å²) in [5, 5.41) is 8.97. The number of nitrogens with zero attached hydrogens (tertiary/aromatic N) is 1. The topological polar surface area (TPSA) is 50.1 Å². The number of aryl methyl sites for hydroxylation is 1. The zero-order chi connectivity index (χ0) is 12.1. The third-order valence-electron chi connectivity index (χ3n) is 2.34. The van der Waals surface area contributed by atoms with Crippen LogP contribution in [0.2, 0.25) is 0 Å². The number of esters is 1. The van der Waals surface area contributed by atoms with E-state index in [-0.39, 0.29) is 12.4 Å². The second-order valence-corrected chi connectivity index (χ2v) is 4.17. The summed E-state index contributed by atoms with van der Waals surface area (Å²) in [6.07, 6.45) is 0.986. The molecule has 0 aliphatic heterocycles. The number of methoxy groups -OCH3 is 1. The van der Waals surface area contributed by atoms with Gasteiger partial charge >= 0.3 is 5.97 Å². The molecule has 0 bridgehead atoms. The average molecular weight is 282 g/mol. The van der Waals surface area contributed by atoms with Gasteiger partial charge in [-0.2, -0.15) is 5.26 Å². The highest BCUT2D eigenvalue weighted by atomic mass is 79.9. The molecule has 1 aromatic carbocycles. The first-order chi connectivity index (χ1) is 7.62. The molecule has 0 aliphatic carbocycles. The van der Waals surface area contributed by atoms with Crippen LogP contribution in [0.1, 0.15) is 23.6 Å². The molecule has 16 heavy (non-hydrogen) atoms. The van der Waals surface area contributed by atoms with E-state index in [1.165, 1.54) is 7.11 Å². The van der Waals surface area contributed by atoms with Crippen molar-refractivity contribution in [2.75, 3.05) is 7.11 Å². The Morgan fingerprint density at radius 1 is 1.50 bits per heavy atom. The molecule has 0 unspecified atom stereocenters. The smallest absolute Gasteiger partial charge is 0.310 e. The van der Waals surface area contributed by atoms with Gasteiger partial charge in [0.2, 0.25) is 0 Å². The maximum Gasteiger partial charge on any atom is 0.310 e. The van der Waals surface area contributed by atoms with Crippen LogP contribution >= 0.6 is 15.9 Å².